The molecule has 1 aliphatic heterocycles. The molecule has 2 aromatic carbocycles. The third kappa shape index (κ3) is 3.47. The highest BCUT2D eigenvalue weighted by Crippen LogP contribution is 2.38. The van der Waals surface area contributed by atoms with Crippen LogP contribution in [0.1, 0.15) is 18.1 Å². The minimum absolute atomic E-state index is 0.0299. The van der Waals surface area contributed by atoms with E-state index in [9.17, 15) is 9.59 Å². The van der Waals surface area contributed by atoms with E-state index in [1.165, 1.54) is 6.92 Å². The third-order valence-corrected chi connectivity index (χ3v) is 4.82. The van der Waals surface area contributed by atoms with E-state index in [1.54, 1.807) is 11.0 Å². The average molecular weight is 408 g/mol. The molecule has 2 aromatic rings. The molecule has 4 nitrogen and oxygen atoms in total. The van der Waals surface area contributed by atoms with Gasteiger partial charge in [-0.1, -0.05) is 45.7 Å². The fourth-order valence-corrected chi connectivity index (χ4v) is 3.64. The maximum absolute atomic E-state index is 12.4. The number of nitrogens with one attached hydrogen (secondary N) is 1. The van der Waals surface area contributed by atoms with Crippen LogP contribution in [0.2, 0.25) is 5.02 Å². The van der Waals surface area contributed by atoms with Gasteiger partial charge in [-0.05, 0) is 35.7 Å². The molecule has 1 N–H and O–H groups in total. The first kappa shape index (κ1) is 17.0. The zero-order valence-corrected chi connectivity index (χ0v) is 15.4. The van der Waals surface area contributed by atoms with Crippen LogP contribution in [-0.4, -0.2) is 18.4 Å². The van der Waals surface area contributed by atoms with Gasteiger partial charge in [0.15, 0.2) is 0 Å². The lowest BCUT2D eigenvalue weighted by Crippen LogP contribution is -2.27. The van der Waals surface area contributed by atoms with Crippen molar-refractivity contribution < 1.29 is 9.59 Å². The van der Waals surface area contributed by atoms with E-state index >= 15 is 0 Å². The highest BCUT2D eigenvalue weighted by molar-refractivity contribution is 9.10. The Bertz CT molecular complexity index is 823. The molecule has 0 unspecified atom stereocenters. The Morgan fingerprint density at radius 2 is 2.04 bits per heavy atom. The summed E-state index contributed by atoms with van der Waals surface area (Å²) >= 11 is 9.58. The van der Waals surface area contributed by atoms with E-state index in [2.05, 4.69) is 21.2 Å². The summed E-state index contributed by atoms with van der Waals surface area (Å²) in [5.74, 6) is -0.198. The van der Waals surface area contributed by atoms with Crippen LogP contribution in [0, 0.1) is 0 Å². The number of hydrogen-bond donors (Lipinski definition) is 1. The molecule has 24 heavy (non-hydrogen) atoms. The number of anilines is 2. The molecular weight excluding hydrogens is 392 g/mol. The molecule has 0 atom stereocenters. The second kappa shape index (κ2) is 6.95. The normalized spacial score (nSPS) is 12.9. The quantitative estimate of drug-likeness (QED) is 0.829. The number of halogens is 2. The highest BCUT2D eigenvalue weighted by atomic mass is 79.9. The van der Waals surface area contributed by atoms with Crippen molar-refractivity contribution in [2.75, 3.05) is 16.8 Å². The first-order valence-electron chi connectivity index (χ1n) is 7.59. The van der Waals surface area contributed by atoms with E-state index in [1.807, 2.05) is 30.3 Å². The van der Waals surface area contributed by atoms with Crippen LogP contribution in [0.25, 0.3) is 0 Å². The second-order valence-corrected chi connectivity index (χ2v) is 7.02. The summed E-state index contributed by atoms with van der Waals surface area (Å²) in [5.41, 5.74) is 3.25. The van der Waals surface area contributed by atoms with Gasteiger partial charge in [0.2, 0.25) is 11.8 Å². The number of benzene rings is 2. The predicted molar refractivity (Wildman–Crippen MR) is 99.7 cm³/mol. The molecule has 0 spiro atoms. The summed E-state index contributed by atoms with van der Waals surface area (Å²) in [6, 6.07) is 11.1. The second-order valence-electron chi connectivity index (χ2n) is 5.70. The average Bonchev–Trinajstić information content (AvgIpc) is 2.93. The maximum atomic E-state index is 12.4. The molecule has 1 heterocycles. The minimum atomic E-state index is -0.168. The summed E-state index contributed by atoms with van der Waals surface area (Å²) < 4.78 is 0.875. The Morgan fingerprint density at radius 3 is 2.75 bits per heavy atom. The number of hydrogen-bond acceptors (Lipinski definition) is 2. The van der Waals surface area contributed by atoms with Gasteiger partial charge in [0, 0.05) is 23.0 Å². The number of rotatable bonds is 3. The number of carbonyl (C=O) groups is 2. The van der Waals surface area contributed by atoms with Crippen LogP contribution in [0.15, 0.2) is 40.9 Å². The van der Waals surface area contributed by atoms with E-state index < -0.39 is 0 Å². The van der Waals surface area contributed by atoms with Crippen LogP contribution < -0.4 is 10.2 Å². The topological polar surface area (TPSA) is 49.4 Å². The summed E-state index contributed by atoms with van der Waals surface area (Å²) in [6.45, 7) is 2.17. The van der Waals surface area contributed by atoms with Crippen molar-refractivity contribution in [3.8, 4) is 0 Å². The molecule has 124 valence electrons. The Balaban J connectivity index is 1.86. The van der Waals surface area contributed by atoms with Gasteiger partial charge in [-0.3, -0.25) is 9.59 Å². The lowest BCUT2D eigenvalue weighted by Gasteiger charge is -2.19. The molecule has 0 aromatic heterocycles. The van der Waals surface area contributed by atoms with Crippen molar-refractivity contribution in [2.45, 2.75) is 19.8 Å². The fraction of sp³-hybridized carbons (Fsp3) is 0.222. The number of fused-ring (bicyclic) bond motifs is 1. The van der Waals surface area contributed by atoms with Gasteiger partial charge in [-0.2, -0.15) is 0 Å². The molecule has 0 bridgehead atoms. The number of carbonyl (C=O) groups excluding carboxylic acids is 2. The summed E-state index contributed by atoms with van der Waals surface area (Å²) in [5, 5.41) is 3.49. The van der Waals surface area contributed by atoms with Crippen molar-refractivity contribution in [3.63, 3.8) is 0 Å². The SMILES string of the molecule is CC(=O)N1CCc2cc(Br)cc(NC(=O)Cc3ccccc3Cl)c21. The van der Waals surface area contributed by atoms with Gasteiger partial charge in [0.25, 0.3) is 0 Å². The van der Waals surface area contributed by atoms with Crippen molar-refractivity contribution in [3.05, 3.63) is 57.0 Å². The Morgan fingerprint density at radius 1 is 1.29 bits per heavy atom. The summed E-state index contributed by atoms with van der Waals surface area (Å²) in [6.07, 6.45) is 0.961. The van der Waals surface area contributed by atoms with Gasteiger partial charge >= 0.3 is 0 Å². The summed E-state index contributed by atoms with van der Waals surface area (Å²) in [4.78, 5) is 26.0. The zero-order valence-electron chi connectivity index (χ0n) is 13.1. The van der Waals surface area contributed by atoms with Crippen LogP contribution in [-0.2, 0) is 22.4 Å². The molecule has 0 fully saturated rings. The van der Waals surface area contributed by atoms with Crippen LogP contribution in [0.3, 0.4) is 0 Å². The standard InChI is InChI=1S/C18H16BrClN2O2/c1-11(23)22-7-6-13-8-14(19)10-16(18(13)22)21-17(24)9-12-4-2-3-5-15(12)20/h2-5,8,10H,6-7,9H2,1H3,(H,21,24). The molecule has 3 rings (SSSR count). The molecule has 1 aliphatic rings. The van der Waals surface area contributed by atoms with Gasteiger partial charge in [-0.15, -0.1) is 0 Å². The molecule has 0 saturated heterocycles. The first-order valence-corrected chi connectivity index (χ1v) is 8.76. The third-order valence-electron chi connectivity index (χ3n) is 3.99. The fourth-order valence-electron chi connectivity index (χ4n) is 2.93. The maximum Gasteiger partial charge on any atom is 0.228 e. The van der Waals surface area contributed by atoms with Crippen molar-refractivity contribution in [2.24, 2.45) is 0 Å². The van der Waals surface area contributed by atoms with Crippen LogP contribution in [0.5, 0.6) is 0 Å². The Labute approximate surface area is 153 Å². The van der Waals surface area contributed by atoms with Gasteiger partial charge in [0.05, 0.1) is 17.8 Å². The number of amides is 2. The molecule has 0 saturated carbocycles. The van der Waals surface area contributed by atoms with Crippen molar-refractivity contribution in [1.82, 2.24) is 0 Å². The Hall–Kier alpha value is -1.85. The van der Waals surface area contributed by atoms with Crippen LogP contribution in [0.4, 0.5) is 11.4 Å². The van der Waals surface area contributed by atoms with Crippen molar-refractivity contribution >= 4 is 50.7 Å². The molecular formula is C18H16BrClN2O2. The van der Waals surface area contributed by atoms with Gasteiger partial charge in [0.1, 0.15) is 0 Å². The Kier molecular flexibility index (Phi) is 4.92. The predicted octanol–water partition coefficient (Wildman–Crippen LogP) is 4.19. The molecule has 2 amide bonds. The van der Waals surface area contributed by atoms with E-state index in [-0.39, 0.29) is 18.2 Å². The smallest absolute Gasteiger partial charge is 0.228 e. The monoisotopic (exact) mass is 406 g/mol. The van der Waals surface area contributed by atoms with E-state index in [0.717, 1.165) is 27.7 Å². The van der Waals surface area contributed by atoms with Gasteiger partial charge in [-0.25, -0.2) is 0 Å². The first-order chi connectivity index (χ1) is 11.5. The minimum Gasteiger partial charge on any atom is -0.324 e. The lowest BCUT2D eigenvalue weighted by atomic mass is 10.1. The molecule has 0 radical (unpaired) electrons. The molecule has 6 heteroatoms. The van der Waals surface area contributed by atoms with Crippen molar-refractivity contribution in [1.29, 1.82) is 0 Å². The summed E-state index contributed by atoms with van der Waals surface area (Å²) in [7, 11) is 0. The lowest BCUT2D eigenvalue weighted by molar-refractivity contribution is -0.117. The zero-order chi connectivity index (χ0) is 17.3. The van der Waals surface area contributed by atoms with Gasteiger partial charge < -0.3 is 10.2 Å². The highest BCUT2D eigenvalue weighted by Gasteiger charge is 2.26. The van der Waals surface area contributed by atoms with E-state index in [4.69, 9.17) is 11.6 Å². The number of nitrogens with zero attached hydrogens (tertiary/aromatic N) is 1. The van der Waals surface area contributed by atoms with E-state index in [0.29, 0.717) is 17.3 Å². The molecule has 0 aliphatic carbocycles. The largest absolute Gasteiger partial charge is 0.324 e. The van der Waals surface area contributed by atoms with Crippen LogP contribution >= 0.6 is 27.5 Å².